The highest BCUT2D eigenvalue weighted by Crippen LogP contribution is 2.28. The number of rotatable bonds is 1. The molecule has 2 rings (SSSR count). The number of aryl methyl sites for hydroxylation is 2. The number of hydrogen-bond donors (Lipinski definition) is 0. The number of ether oxygens (including phenoxy) is 1. The van der Waals surface area contributed by atoms with E-state index in [4.69, 9.17) is 4.74 Å². The van der Waals surface area contributed by atoms with Gasteiger partial charge in [-0.2, -0.15) is 5.10 Å². The lowest BCUT2D eigenvalue weighted by Crippen LogP contribution is -1.93. The van der Waals surface area contributed by atoms with Crippen LogP contribution in [0.5, 0.6) is 5.75 Å². The fourth-order valence-electron chi connectivity index (χ4n) is 1.61. The zero-order valence-electron chi connectivity index (χ0n) is 8.34. The third-order valence-electron chi connectivity index (χ3n) is 2.20. The molecule has 4 heteroatoms. The minimum atomic E-state index is -0.386. The van der Waals surface area contributed by atoms with E-state index in [-0.39, 0.29) is 11.6 Å². The molecule has 0 fully saturated rings. The van der Waals surface area contributed by atoms with E-state index in [0.29, 0.717) is 5.52 Å². The Labute approximate surface area is 81.1 Å². The molecule has 0 radical (unpaired) electrons. The highest BCUT2D eigenvalue weighted by Gasteiger charge is 2.13. The molecule has 0 amide bonds. The van der Waals surface area contributed by atoms with E-state index >= 15 is 0 Å². The van der Waals surface area contributed by atoms with Gasteiger partial charge in [-0.15, -0.1) is 0 Å². The molecule has 1 aromatic heterocycles. The van der Waals surface area contributed by atoms with Crippen molar-refractivity contribution in [2.75, 3.05) is 7.11 Å². The monoisotopic (exact) mass is 194 g/mol. The lowest BCUT2D eigenvalue weighted by atomic mass is 10.1. The van der Waals surface area contributed by atoms with E-state index in [1.54, 1.807) is 17.9 Å². The first-order chi connectivity index (χ1) is 6.63. The van der Waals surface area contributed by atoms with Crippen LogP contribution in [-0.2, 0) is 7.05 Å². The molecule has 0 aliphatic heterocycles. The summed E-state index contributed by atoms with van der Waals surface area (Å²) in [6.45, 7) is 1.81. The summed E-state index contributed by atoms with van der Waals surface area (Å²) in [4.78, 5) is 0. The molecule has 0 N–H and O–H groups in total. The summed E-state index contributed by atoms with van der Waals surface area (Å²) in [6, 6.07) is 1.87. The average molecular weight is 194 g/mol. The van der Waals surface area contributed by atoms with E-state index in [0.717, 1.165) is 10.9 Å². The average Bonchev–Trinajstić information content (AvgIpc) is 2.47. The second-order valence-corrected chi connectivity index (χ2v) is 3.28. The predicted molar refractivity (Wildman–Crippen MR) is 52.0 cm³/mol. The van der Waals surface area contributed by atoms with Crippen LogP contribution in [0.15, 0.2) is 12.3 Å². The Bertz CT molecular complexity index is 490. The number of methoxy groups -OCH3 is 1. The maximum absolute atomic E-state index is 13.7. The third kappa shape index (κ3) is 1.14. The third-order valence-corrected chi connectivity index (χ3v) is 2.20. The maximum Gasteiger partial charge on any atom is 0.193 e. The normalized spacial score (nSPS) is 10.9. The summed E-state index contributed by atoms with van der Waals surface area (Å²) < 4.78 is 20.3. The Balaban J connectivity index is 2.84. The van der Waals surface area contributed by atoms with Gasteiger partial charge in [-0.3, -0.25) is 4.68 Å². The minimum absolute atomic E-state index is 0.274. The lowest BCUT2D eigenvalue weighted by molar-refractivity contribution is 0.385. The smallest absolute Gasteiger partial charge is 0.193 e. The minimum Gasteiger partial charge on any atom is -0.493 e. The molecule has 14 heavy (non-hydrogen) atoms. The first-order valence-corrected chi connectivity index (χ1v) is 4.30. The summed E-state index contributed by atoms with van der Waals surface area (Å²) in [7, 11) is 3.22. The van der Waals surface area contributed by atoms with Crippen molar-refractivity contribution in [3.63, 3.8) is 0 Å². The Morgan fingerprint density at radius 2 is 2.21 bits per heavy atom. The predicted octanol–water partition coefficient (Wildman–Crippen LogP) is 2.03. The molecule has 0 saturated heterocycles. The van der Waals surface area contributed by atoms with Crippen LogP contribution >= 0.6 is 0 Å². The molecule has 0 aliphatic rings. The summed E-state index contributed by atoms with van der Waals surface area (Å²) in [5, 5.41) is 4.82. The fraction of sp³-hybridized carbons (Fsp3) is 0.300. The molecule has 1 heterocycles. The first-order valence-electron chi connectivity index (χ1n) is 4.30. The van der Waals surface area contributed by atoms with Gasteiger partial charge in [0.2, 0.25) is 0 Å². The zero-order chi connectivity index (χ0) is 10.3. The van der Waals surface area contributed by atoms with Gasteiger partial charge in [0.05, 0.1) is 7.11 Å². The van der Waals surface area contributed by atoms with Gasteiger partial charge in [-0.1, -0.05) is 0 Å². The Hall–Kier alpha value is -1.58. The first kappa shape index (κ1) is 8.99. The molecule has 0 unspecified atom stereocenters. The van der Waals surface area contributed by atoms with Gasteiger partial charge in [-0.25, -0.2) is 4.39 Å². The van der Waals surface area contributed by atoms with Crippen LogP contribution in [0.2, 0.25) is 0 Å². The number of fused-ring (bicyclic) bond motifs is 1. The van der Waals surface area contributed by atoms with E-state index in [1.165, 1.54) is 7.11 Å². The van der Waals surface area contributed by atoms with Crippen LogP contribution in [0.4, 0.5) is 4.39 Å². The molecule has 1 aromatic carbocycles. The number of aromatic nitrogens is 2. The van der Waals surface area contributed by atoms with Gasteiger partial charge in [0.1, 0.15) is 5.52 Å². The zero-order valence-corrected chi connectivity index (χ0v) is 8.34. The van der Waals surface area contributed by atoms with Gasteiger partial charge >= 0.3 is 0 Å². The van der Waals surface area contributed by atoms with E-state index < -0.39 is 0 Å². The van der Waals surface area contributed by atoms with Crippen LogP contribution in [0.3, 0.4) is 0 Å². The van der Waals surface area contributed by atoms with Crippen molar-refractivity contribution in [3.05, 3.63) is 23.6 Å². The van der Waals surface area contributed by atoms with Gasteiger partial charge < -0.3 is 4.74 Å². The van der Waals surface area contributed by atoms with Crippen molar-refractivity contribution in [2.24, 2.45) is 7.05 Å². The Kier molecular flexibility index (Phi) is 1.91. The molecule has 0 spiro atoms. The van der Waals surface area contributed by atoms with Crippen molar-refractivity contribution >= 4 is 10.9 Å². The van der Waals surface area contributed by atoms with E-state index in [2.05, 4.69) is 5.10 Å². The summed E-state index contributed by atoms with van der Waals surface area (Å²) in [5.41, 5.74) is 1.14. The summed E-state index contributed by atoms with van der Waals surface area (Å²) >= 11 is 0. The van der Waals surface area contributed by atoms with Gasteiger partial charge in [-0.05, 0) is 18.6 Å². The molecular formula is C10H11FN2O. The Morgan fingerprint density at radius 3 is 2.86 bits per heavy atom. The topological polar surface area (TPSA) is 27.1 Å². The highest BCUT2D eigenvalue weighted by atomic mass is 19.1. The molecular weight excluding hydrogens is 183 g/mol. The standard InChI is InChI=1S/C10H11FN2O/c1-6-4-7-5-13(2)12-9(7)8(11)10(6)14-3/h4-5H,1-3H3. The van der Waals surface area contributed by atoms with Crippen molar-refractivity contribution in [1.29, 1.82) is 0 Å². The van der Waals surface area contributed by atoms with Crippen LogP contribution in [0.1, 0.15) is 5.56 Å². The number of halogens is 1. The lowest BCUT2D eigenvalue weighted by Gasteiger charge is -2.05. The van der Waals surface area contributed by atoms with Crippen molar-refractivity contribution in [2.45, 2.75) is 6.92 Å². The summed E-state index contributed by atoms with van der Waals surface area (Å²) in [5.74, 6) is -0.112. The number of benzene rings is 1. The quantitative estimate of drug-likeness (QED) is 0.694. The van der Waals surface area contributed by atoms with Gasteiger partial charge in [0.15, 0.2) is 11.6 Å². The van der Waals surface area contributed by atoms with Crippen LogP contribution < -0.4 is 4.74 Å². The number of nitrogens with zero attached hydrogens (tertiary/aromatic N) is 2. The van der Waals surface area contributed by atoms with Crippen molar-refractivity contribution in [3.8, 4) is 5.75 Å². The Morgan fingerprint density at radius 1 is 1.50 bits per heavy atom. The highest BCUT2D eigenvalue weighted by molar-refractivity contribution is 5.81. The van der Waals surface area contributed by atoms with E-state index in [9.17, 15) is 4.39 Å². The molecule has 2 aromatic rings. The maximum atomic E-state index is 13.7. The van der Waals surface area contributed by atoms with Gasteiger partial charge in [0.25, 0.3) is 0 Å². The van der Waals surface area contributed by atoms with Crippen molar-refractivity contribution < 1.29 is 9.13 Å². The second-order valence-electron chi connectivity index (χ2n) is 3.28. The molecule has 0 atom stereocenters. The molecule has 0 aliphatic carbocycles. The molecule has 3 nitrogen and oxygen atoms in total. The molecule has 0 bridgehead atoms. The summed E-state index contributed by atoms with van der Waals surface area (Å²) in [6.07, 6.45) is 1.78. The van der Waals surface area contributed by atoms with Crippen molar-refractivity contribution in [1.82, 2.24) is 9.78 Å². The second kappa shape index (κ2) is 2.97. The van der Waals surface area contributed by atoms with E-state index in [1.807, 2.05) is 13.0 Å². The van der Waals surface area contributed by atoms with Crippen LogP contribution in [0, 0.1) is 12.7 Å². The van der Waals surface area contributed by atoms with Crippen LogP contribution in [0.25, 0.3) is 10.9 Å². The fourth-order valence-corrected chi connectivity index (χ4v) is 1.61. The largest absolute Gasteiger partial charge is 0.493 e. The number of hydrogen-bond acceptors (Lipinski definition) is 2. The molecule has 74 valence electrons. The van der Waals surface area contributed by atoms with Gasteiger partial charge in [0, 0.05) is 18.6 Å². The molecule has 0 saturated carbocycles. The van der Waals surface area contributed by atoms with Crippen LogP contribution in [-0.4, -0.2) is 16.9 Å². The SMILES string of the molecule is COc1c(C)cc2cn(C)nc2c1F.